The highest BCUT2D eigenvalue weighted by atomic mass is 16.2. The van der Waals surface area contributed by atoms with Gasteiger partial charge in [-0.1, -0.05) is 0 Å². The lowest BCUT2D eigenvalue weighted by Crippen LogP contribution is -2.42. The van der Waals surface area contributed by atoms with Crippen molar-refractivity contribution in [1.29, 1.82) is 0 Å². The highest BCUT2D eigenvalue weighted by molar-refractivity contribution is 5.81. The van der Waals surface area contributed by atoms with Crippen molar-refractivity contribution in [2.24, 2.45) is 0 Å². The summed E-state index contributed by atoms with van der Waals surface area (Å²) in [6, 6.07) is 2.08. The maximum Gasteiger partial charge on any atom is 0.242 e. The molecule has 0 N–H and O–H groups in total. The van der Waals surface area contributed by atoms with Gasteiger partial charge in [-0.15, -0.1) is 0 Å². The topological polar surface area (TPSA) is 41.4 Å². The Kier molecular flexibility index (Phi) is 2.97. The van der Waals surface area contributed by atoms with E-state index < -0.39 is 0 Å². The minimum absolute atomic E-state index is 0.264. The van der Waals surface area contributed by atoms with Crippen LogP contribution in [0.3, 0.4) is 0 Å². The van der Waals surface area contributed by atoms with Gasteiger partial charge in [-0.25, -0.2) is 4.68 Å². The first-order valence-corrected chi connectivity index (χ1v) is 6.81. The van der Waals surface area contributed by atoms with Crippen molar-refractivity contribution < 1.29 is 4.79 Å². The minimum atomic E-state index is 0.264. The Hall–Kier alpha value is -1.52. The number of anilines is 1. The molecule has 98 valence electrons. The van der Waals surface area contributed by atoms with Gasteiger partial charge in [0.25, 0.3) is 0 Å². The van der Waals surface area contributed by atoms with Gasteiger partial charge in [-0.05, 0) is 26.2 Å². The zero-order chi connectivity index (χ0) is 12.5. The SMILES string of the molecule is Cc1cc2n(n1)CCCN2CC(=O)N1CCCC1. The molecule has 0 saturated carbocycles. The van der Waals surface area contributed by atoms with Crippen molar-refractivity contribution in [2.45, 2.75) is 32.7 Å². The van der Waals surface area contributed by atoms with E-state index in [4.69, 9.17) is 0 Å². The summed E-state index contributed by atoms with van der Waals surface area (Å²) in [7, 11) is 0. The predicted octanol–water partition coefficient (Wildman–Crippen LogP) is 1.02. The molecule has 1 amide bonds. The van der Waals surface area contributed by atoms with Crippen LogP contribution in [0, 0.1) is 6.92 Å². The molecule has 0 spiro atoms. The van der Waals surface area contributed by atoms with E-state index in [9.17, 15) is 4.79 Å². The number of likely N-dealkylation sites (tertiary alicyclic amines) is 1. The van der Waals surface area contributed by atoms with Crippen molar-refractivity contribution in [3.8, 4) is 0 Å². The molecule has 0 aliphatic carbocycles. The average Bonchev–Trinajstić information content (AvgIpc) is 2.96. The van der Waals surface area contributed by atoms with E-state index in [1.165, 1.54) is 0 Å². The lowest BCUT2D eigenvalue weighted by molar-refractivity contribution is -0.128. The quantitative estimate of drug-likeness (QED) is 0.785. The Labute approximate surface area is 107 Å². The normalized spacial score (nSPS) is 19.2. The predicted molar refractivity (Wildman–Crippen MR) is 69.6 cm³/mol. The summed E-state index contributed by atoms with van der Waals surface area (Å²) in [6.45, 7) is 6.31. The third-order valence-corrected chi connectivity index (χ3v) is 3.79. The molecule has 0 bridgehead atoms. The van der Waals surface area contributed by atoms with Gasteiger partial charge in [0.15, 0.2) is 0 Å². The lowest BCUT2D eigenvalue weighted by Gasteiger charge is -2.30. The van der Waals surface area contributed by atoms with Crippen molar-refractivity contribution in [3.05, 3.63) is 11.8 Å². The third-order valence-electron chi connectivity index (χ3n) is 3.79. The molecule has 0 radical (unpaired) electrons. The maximum absolute atomic E-state index is 12.2. The number of fused-ring (bicyclic) bond motifs is 1. The van der Waals surface area contributed by atoms with E-state index in [1.807, 2.05) is 16.5 Å². The van der Waals surface area contributed by atoms with Crippen LogP contribution in [0.4, 0.5) is 5.82 Å². The van der Waals surface area contributed by atoms with Crippen LogP contribution in [0.25, 0.3) is 0 Å². The first-order valence-electron chi connectivity index (χ1n) is 6.81. The number of amides is 1. The smallest absolute Gasteiger partial charge is 0.242 e. The minimum Gasteiger partial charge on any atom is -0.347 e. The van der Waals surface area contributed by atoms with Crippen molar-refractivity contribution in [1.82, 2.24) is 14.7 Å². The van der Waals surface area contributed by atoms with Crippen LogP contribution in [0.1, 0.15) is 25.0 Å². The Morgan fingerprint density at radius 1 is 1.22 bits per heavy atom. The van der Waals surface area contributed by atoms with E-state index in [2.05, 4.69) is 16.1 Å². The molecule has 2 aliphatic heterocycles. The summed E-state index contributed by atoms with van der Waals surface area (Å²) < 4.78 is 2.02. The summed E-state index contributed by atoms with van der Waals surface area (Å²) in [6.07, 6.45) is 3.38. The number of hydrogen-bond donors (Lipinski definition) is 0. The number of aromatic nitrogens is 2. The molecule has 3 rings (SSSR count). The van der Waals surface area contributed by atoms with Crippen molar-refractivity contribution in [2.75, 3.05) is 31.1 Å². The van der Waals surface area contributed by atoms with Gasteiger partial charge in [-0.2, -0.15) is 5.10 Å². The average molecular weight is 248 g/mol. The third kappa shape index (κ3) is 2.09. The molecule has 0 atom stereocenters. The maximum atomic E-state index is 12.2. The zero-order valence-electron chi connectivity index (χ0n) is 10.9. The van der Waals surface area contributed by atoms with E-state index in [-0.39, 0.29) is 5.91 Å². The van der Waals surface area contributed by atoms with E-state index in [0.29, 0.717) is 6.54 Å². The van der Waals surface area contributed by atoms with Crippen LogP contribution < -0.4 is 4.90 Å². The molecule has 1 aromatic heterocycles. The molecule has 5 nitrogen and oxygen atoms in total. The van der Waals surface area contributed by atoms with E-state index in [0.717, 1.165) is 57.0 Å². The number of aryl methyl sites for hydroxylation is 2. The Morgan fingerprint density at radius 2 is 2.00 bits per heavy atom. The van der Waals surface area contributed by atoms with Crippen LogP contribution >= 0.6 is 0 Å². The molecule has 1 fully saturated rings. The Bertz CT molecular complexity index is 448. The van der Waals surface area contributed by atoms with Crippen LogP contribution in [0.15, 0.2) is 6.07 Å². The Balaban J connectivity index is 1.71. The van der Waals surface area contributed by atoms with Gasteiger partial charge in [0.1, 0.15) is 5.82 Å². The zero-order valence-corrected chi connectivity index (χ0v) is 10.9. The molecule has 0 aromatic carbocycles. The van der Waals surface area contributed by atoms with Crippen molar-refractivity contribution >= 4 is 11.7 Å². The molecule has 18 heavy (non-hydrogen) atoms. The second-order valence-corrected chi connectivity index (χ2v) is 5.23. The van der Waals surface area contributed by atoms with Gasteiger partial charge < -0.3 is 9.80 Å². The molecule has 1 aromatic rings. The van der Waals surface area contributed by atoms with Crippen LogP contribution in [0.2, 0.25) is 0 Å². The second-order valence-electron chi connectivity index (χ2n) is 5.23. The van der Waals surface area contributed by atoms with Gasteiger partial charge in [-0.3, -0.25) is 4.79 Å². The summed E-state index contributed by atoms with van der Waals surface area (Å²) in [4.78, 5) is 16.3. The fraction of sp³-hybridized carbons (Fsp3) is 0.692. The molecule has 5 heteroatoms. The van der Waals surface area contributed by atoms with Crippen LogP contribution in [0.5, 0.6) is 0 Å². The van der Waals surface area contributed by atoms with Crippen molar-refractivity contribution in [3.63, 3.8) is 0 Å². The highest BCUT2D eigenvalue weighted by Gasteiger charge is 2.24. The highest BCUT2D eigenvalue weighted by Crippen LogP contribution is 2.21. The van der Waals surface area contributed by atoms with Gasteiger partial charge in [0.05, 0.1) is 12.2 Å². The fourth-order valence-corrected chi connectivity index (χ4v) is 2.87. The second kappa shape index (κ2) is 4.63. The molecular formula is C13H20N4O. The fourth-order valence-electron chi connectivity index (χ4n) is 2.87. The summed E-state index contributed by atoms with van der Waals surface area (Å²) >= 11 is 0. The van der Waals surface area contributed by atoms with E-state index >= 15 is 0 Å². The lowest BCUT2D eigenvalue weighted by atomic mass is 10.3. The Morgan fingerprint density at radius 3 is 2.78 bits per heavy atom. The number of hydrogen-bond acceptors (Lipinski definition) is 3. The largest absolute Gasteiger partial charge is 0.347 e. The van der Waals surface area contributed by atoms with Crippen LogP contribution in [-0.2, 0) is 11.3 Å². The number of rotatable bonds is 2. The number of nitrogens with zero attached hydrogens (tertiary/aromatic N) is 4. The number of carbonyl (C=O) groups excluding carboxylic acids is 1. The summed E-state index contributed by atoms with van der Waals surface area (Å²) in [5.41, 5.74) is 1.03. The standard InChI is InChI=1S/C13H20N4O/c1-11-9-12-16(7-4-8-17(12)14-11)10-13(18)15-5-2-3-6-15/h9H,2-8,10H2,1H3. The van der Waals surface area contributed by atoms with Gasteiger partial charge in [0, 0.05) is 32.2 Å². The van der Waals surface area contributed by atoms with E-state index in [1.54, 1.807) is 0 Å². The van der Waals surface area contributed by atoms with Gasteiger partial charge in [0.2, 0.25) is 5.91 Å². The summed E-state index contributed by atoms with van der Waals surface area (Å²) in [5.74, 6) is 1.37. The first-order chi connectivity index (χ1) is 8.74. The molecular weight excluding hydrogens is 228 g/mol. The van der Waals surface area contributed by atoms with Crippen LogP contribution in [-0.4, -0.2) is 46.8 Å². The first kappa shape index (κ1) is 11.6. The number of carbonyl (C=O) groups is 1. The molecule has 2 aliphatic rings. The molecule has 3 heterocycles. The van der Waals surface area contributed by atoms with Gasteiger partial charge >= 0.3 is 0 Å². The monoisotopic (exact) mass is 248 g/mol. The molecule has 0 unspecified atom stereocenters. The molecule has 1 saturated heterocycles. The summed E-state index contributed by atoms with van der Waals surface area (Å²) in [5, 5.41) is 4.46.